The summed E-state index contributed by atoms with van der Waals surface area (Å²) >= 11 is 0. The van der Waals surface area contributed by atoms with Crippen LogP contribution in [0.5, 0.6) is 0 Å². The van der Waals surface area contributed by atoms with Crippen molar-refractivity contribution >= 4 is 17.9 Å². The molecule has 0 fully saturated rings. The second-order valence-corrected chi connectivity index (χ2v) is 4.56. The molecule has 20 heavy (non-hydrogen) atoms. The highest BCUT2D eigenvalue weighted by Gasteiger charge is 2.23. The van der Waals surface area contributed by atoms with Crippen LogP contribution in [0.4, 0.5) is 0 Å². The van der Waals surface area contributed by atoms with Crippen LogP contribution in [0.3, 0.4) is 0 Å². The summed E-state index contributed by atoms with van der Waals surface area (Å²) in [4.78, 5) is 16.2. The zero-order valence-corrected chi connectivity index (χ0v) is 11.0. The van der Waals surface area contributed by atoms with E-state index < -0.39 is 5.97 Å². The molecule has 0 saturated carbocycles. The number of carbonyl (C=O) groups is 1. The first-order valence-electron chi connectivity index (χ1n) is 6.37. The third-order valence-corrected chi connectivity index (χ3v) is 3.12. The second kappa shape index (κ2) is 5.13. The van der Waals surface area contributed by atoms with E-state index in [-0.39, 0.29) is 0 Å². The van der Waals surface area contributed by atoms with Gasteiger partial charge in [-0.05, 0) is 36.3 Å². The molecule has 3 nitrogen and oxygen atoms in total. The van der Waals surface area contributed by atoms with Gasteiger partial charge in [-0.3, -0.25) is 0 Å². The Hall–Kier alpha value is -2.68. The molecule has 0 unspecified atom stereocenters. The van der Waals surface area contributed by atoms with Crippen molar-refractivity contribution in [2.75, 3.05) is 0 Å². The van der Waals surface area contributed by atoms with Crippen LogP contribution in [-0.4, -0.2) is 11.9 Å². The average molecular weight is 263 g/mol. The van der Waals surface area contributed by atoms with Gasteiger partial charge < -0.3 is 4.74 Å². The van der Waals surface area contributed by atoms with Gasteiger partial charge in [0.15, 0.2) is 5.70 Å². The summed E-state index contributed by atoms with van der Waals surface area (Å²) in [6, 6.07) is 17.2. The van der Waals surface area contributed by atoms with Crippen LogP contribution in [0.25, 0.3) is 6.08 Å². The number of nitrogens with zero attached hydrogens (tertiary/aromatic N) is 1. The Morgan fingerprint density at radius 3 is 2.45 bits per heavy atom. The normalized spacial score (nSPS) is 16.1. The SMILES string of the molecule is Cc1ccccc1/C=C1\N=C(c2ccccc2)OC1=O. The molecule has 0 radical (unpaired) electrons. The monoisotopic (exact) mass is 263 g/mol. The smallest absolute Gasteiger partial charge is 0.363 e. The Morgan fingerprint density at radius 1 is 1.00 bits per heavy atom. The van der Waals surface area contributed by atoms with E-state index in [2.05, 4.69) is 4.99 Å². The van der Waals surface area contributed by atoms with Crippen LogP contribution >= 0.6 is 0 Å². The van der Waals surface area contributed by atoms with Crippen molar-refractivity contribution in [1.82, 2.24) is 0 Å². The summed E-state index contributed by atoms with van der Waals surface area (Å²) in [5.41, 5.74) is 3.20. The van der Waals surface area contributed by atoms with Gasteiger partial charge in [0.2, 0.25) is 5.90 Å². The lowest BCUT2D eigenvalue weighted by molar-refractivity contribution is -0.129. The number of benzene rings is 2. The number of hydrogen-bond donors (Lipinski definition) is 0. The first kappa shape index (κ1) is 12.4. The first-order chi connectivity index (χ1) is 9.74. The topological polar surface area (TPSA) is 38.7 Å². The van der Waals surface area contributed by atoms with E-state index >= 15 is 0 Å². The third kappa shape index (κ3) is 2.38. The molecular formula is C17H13NO2. The van der Waals surface area contributed by atoms with Crippen LogP contribution < -0.4 is 0 Å². The Kier molecular flexibility index (Phi) is 3.17. The summed E-state index contributed by atoms with van der Waals surface area (Å²) < 4.78 is 5.21. The van der Waals surface area contributed by atoms with Crippen molar-refractivity contribution in [3.8, 4) is 0 Å². The highest BCUT2D eigenvalue weighted by atomic mass is 16.6. The Labute approximate surface area is 117 Å². The standard InChI is InChI=1S/C17H13NO2/c1-12-7-5-6-10-14(12)11-15-17(19)20-16(18-15)13-8-3-2-4-9-13/h2-11H,1H3/b15-11-. The van der Waals surface area contributed by atoms with Crippen LogP contribution in [0.1, 0.15) is 16.7 Å². The highest BCUT2D eigenvalue weighted by molar-refractivity contribution is 6.12. The van der Waals surface area contributed by atoms with Crippen molar-refractivity contribution in [3.05, 3.63) is 77.0 Å². The van der Waals surface area contributed by atoms with Gasteiger partial charge in [0.05, 0.1) is 0 Å². The molecule has 0 spiro atoms. The lowest BCUT2D eigenvalue weighted by atomic mass is 10.1. The van der Waals surface area contributed by atoms with Gasteiger partial charge in [0.1, 0.15) is 0 Å². The van der Waals surface area contributed by atoms with Crippen LogP contribution in [0.2, 0.25) is 0 Å². The van der Waals surface area contributed by atoms with Crippen molar-refractivity contribution in [3.63, 3.8) is 0 Å². The van der Waals surface area contributed by atoms with Gasteiger partial charge in [0.25, 0.3) is 0 Å². The maximum atomic E-state index is 11.9. The van der Waals surface area contributed by atoms with Gasteiger partial charge in [-0.2, -0.15) is 0 Å². The van der Waals surface area contributed by atoms with Gasteiger partial charge in [-0.1, -0.05) is 42.5 Å². The van der Waals surface area contributed by atoms with Crippen molar-refractivity contribution in [1.29, 1.82) is 0 Å². The van der Waals surface area contributed by atoms with E-state index in [1.54, 1.807) is 6.08 Å². The fourth-order valence-electron chi connectivity index (χ4n) is 2.01. The molecule has 0 aromatic heterocycles. The van der Waals surface area contributed by atoms with Gasteiger partial charge in [-0.25, -0.2) is 9.79 Å². The molecule has 0 aliphatic carbocycles. The summed E-state index contributed by atoms with van der Waals surface area (Å²) in [5.74, 6) is -0.0532. The number of ether oxygens (including phenoxy) is 1. The molecule has 0 bridgehead atoms. The average Bonchev–Trinajstić information content (AvgIpc) is 2.84. The van der Waals surface area contributed by atoms with E-state index in [9.17, 15) is 4.79 Å². The van der Waals surface area contributed by atoms with E-state index in [1.165, 1.54) is 0 Å². The molecule has 3 rings (SSSR count). The third-order valence-electron chi connectivity index (χ3n) is 3.12. The lowest BCUT2D eigenvalue weighted by Gasteiger charge is -1.98. The molecule has 1 heterocycles. The minimum Gasteiger partial charge on any atom is -0.402 e. The summed E-state index contributed by atoms with van der Waals surface area (Å²) in [5, 5.41) is 0. The number of rotatable bonds is 2. The molecule has 2 aromatic rings. The molecule has 2 aromatic carbocycles. The minimum absolute atomic E-state index is 0.332. The number of aryl methyl sites for hydroxylation is 1. The van der Waals surface area contributed by atoms with Gasteiger partial charge in [0, 0.05) is 5.56 Å². The maximum absolute atomic E-state index is 11.9. The Balaban J connectivity index is 1.97. The number of cyclic esters (lactones) is 1. The van der Waals surface area contributed by atoms with Crippen molar-refractivity contribution in [2.45, 2.75) is 6.92 Å². The zero-order valence-electron chi connectivity index (χ0n) is 11.0. The summed E-state index contributed by atoms with van der Waals surface area (Å²) in [6.45, 7) is 1.99. The van der Waals surface area contributed by atoms with E-state index in [0.717, 1.165) is 16.7 Å². The lowest BCUT2D eigenvalue weighted by Crippen LogP contribution is -2.04. The van der Waals surface area contributed by atoms with Crippen molar-refractivity contribution in [2.24, 2.45) is 4.99 Å². The summed E-state index contributed by atoms with van der Waals surface area (Å²) in [7, 11) is 0. The first-order valence-corrected chi connectivity index (χ1v) is 6.37. The predicted molar refractivity (Wildman–Crippen MR) is 78.2 cm³/mol. The second-order valence-electron chi connectivity index (χ2n) is 4.56. The van der Waals surface area contributed by atoms with Gasteiger partial charge >= 0.3 is 5.97 Å². The molecule has 0 saturated heterocycles. The molecular weight excluding hydrogens is 250 g/mol. The number of hydrogen-bond acceptors (Lipinski definition) is 3. The van der Waals surface area contributed by atoms with Crippen LogP contribution in [-0.2, 0) is 9.53 Å². The zero-order chi connectivity index (χ0) is 13.9. The largest absolute Gasteiger partial charge is 0.402 e. The number of aliphatic imine (C=N–C) groups is 1. The van der Waals surface area contributed by atoms with Crippen LogP contribution in [0, 0.1) is 6.92 Å². The molecule has 0 amide bonds. The van der Waals surface area contributed by atoms with E-state index in [1.807, 2.05) is 61.5 Å². The van der Waals surface area contributed by atoms with Gasteiger partial charge in [-0.15, -0.1) is 0 Å². The quantitative estimate of drug-likeness (QED) is 0.615. The van der Waals surface area contributed by atoms with Crippen molar-refractivity contribution < 1.29 is 9.53 Å². The predicted octanol–water partition coefficient (Wildman–Crippen LogP) is 3.34. The van der Waals surface area contributed by atoms with Crippen LogP contribution in [0.15, 0.2) is 65.3 Å². The fraction of sp³-hybridized carbons (Fsp3) is 0.0588. The highest BCUT2D eigenvalue weighted by Crippen LogP contribution is 2.20. The molecule has 3 heteroatoms. The Morgan fingerprint density at radius 2 is 1.70 bits per heavy atom. The summed E-state index contributed by atoms with van der Waals surface area (Å²) in [6.07, 6.45) is 1.76. The fourth-order valence-corrected chi connectivity index (χ4v) is 2.01. The van der Waals surface area contributed by atoms with E-state index in [4.69, 9.17) is 4.74 Å². The molecule has 98 valence electrons. The molecule has 0 N–H and O–H groups in total. The Bertz CT molecular complexity index is 715. The number of carbonyl (C=O) groups excluding carboxylic acids is 1. The molecule has 1 aliphatic heterocycles. The molecule has 0 atom stereocenters. The molecule has 1 aliphatic rings. The van der Waals surface area contributed by atoms with E-state index in [0.29, 0.717) is 11.6 Å². The minimum atomic E-state index is -0.410. The maximum Gasteiger partial charge on any atom is 0.363 e. The number of esters is 1.